The number of rotatable bonds is 7. The van der Waals surface area contributed by atoms with Crippen molar-refractivity contribution >= 4 is 52.3 Å². The molecule has 4 rings (SSSR count). The van der Waals surface area contributed by atoms with Crippen LogP contribution >= 0.6 is 23.4 Å². The third-order valence-electron chi connectivity index (χ3n) is 4.69. The minimum Gasteiger partial charge on any atom is -0.378 e. The number of hydrogen-bond donors (Lipinski definition) is 2. The number of halogens is 1. The van der Waals surface area contributed by atoms with Gasteiger partial charge in [0.2, 0.25) is 11.9 Å². The second kappa shape index (κ2) is 11.0. The Morgan fingerprint density at radius 3 is 2.47 bits per heavy atom. The third-order valence-corrected chi connectivity index (χ3v) is 5.76. The van der Waals surface area contributed by atoms with Crippen LogP contribution in [0.4, 0.5) is 23.0 Å². The van der Waals surface area contributed by atoms with Crippen LogP contribution in [0.25, 0.3) is 0 Å². The summed E-state index contributed by atoms with van der Waals surface area (Å²) in [6.07, 6.45) is 2.99. The summed E-state index contributed by atoms with van der Waals surface area (Å²) in [5.74, 6) is 0.260. The summed E-state index contributed by atoms with van der Waals surface area (Å²) >= 11 is 6.93. The normalized spacial score (nSPS) is 13.8. The molecule has 0 radical (unpaired) electrons. The number of carbonyl (C=O) groups is 1. The van der Waals surface area contributed by atoms with Crippen molar-refractivity contribution in [3.8, 4) is 0 Å². The van der Waals surface area contributed by atoms with Crippen LogP contribution in [0, 0.1) is 0 Å². The summed E-state index contributed by atoms with van der Waals surface area (Å²) in [7, 11) is 0. The number of carbonyl (C=O) groups excluding carboxylic acids is 1. The van der Waals surface area contributed by atoms with E-state index in [1.807, 2.05) is 42.5 Å². The Bertz CT molecular complexity index is 1070. The second-order valence-corrected chi connectivity index (χ2v) is 8.24. The van der Waals surface area contributed by atoms with E-state index >= 15 is 0 Å². The van der Waals surface area contributed by atoms with Crippen molar-refractivity contribution in [3.05, 3.63) is 72.4 Å². The summed E-state index contributed by atoms with van der Waals surface area (Å²) in [6.45, 7) is 3.35. The van der Waals surface area contributed by atoms with Crippen molar-refractivity contribution < 1.29 is 9.53 Å². The largest absolute Gasteiger partial charge is 0.378 e. The molecule has 164 valence electrons. The fraction of sp³-hybridized carbons (Fsp3) is 0.174. The predicted octanol–water partition coefficient (Wildman–Crippen LogP) is 4.90. The third kappa shape index (κ3) is 6.23. The number of morpholine rings is 1. The minimum absolute atomic E-state index is 0.273. The van der Waals surface area contributed by atoms with E-state index in [-0.39, 0.29) is 5.91 Å². The van der Waals surface area contributed by atoms with Crippen LogP contribution in [0.5, 0.6) is 0 Å². The fourth-order valence-electron chi connectivity index (χ4n) is 3.13. The van der Waals surface area contributed by atoms with Gasteiger partial charge in [0.1, 0.15) is 5.03 Å². The van der Waals surface area contributed by atoms with Crippen LogP contribution in [0.1, 0.15) is 0 Å². The molecule has 0 unspecified atom stereocenters. The number of nitrogens with zero attached hydrogens (tertiary/aromatic N) is 3. The highest BCUT2D eigenvalue weighted by Crippen LogP contribution is 2.28. The van der Waals surface area contributed by atoms with Gasteiger partial charge in [-0.25, -0.2) is 9.97 Å². The molecule has 0 atom stereocenters. The van der Waals surface area contributed by atoms with Crippen molar-refractivity contribution in [1.29, 1.82) is 0 Å². The van der Waals surface area contributed by atoms with Gasteiger partial charge in [0, 0.05) is 52.9 Å². The molecule has 1 aliphatic rings. The molecule has 1 aliphatic heterocycles. The molecule has 2 heterocycles. The Morgan fingerprint density at radius 1 is 1.03 bits per heavy atom. The highest BCUT2D eigenvalue weighted by atomic mass is 35.5. The Balaban J connectivity index is 1.36. The zero-order valence-corrected chi connectivity index (χ0v) is 18.8. The van der Waals surface area contributed by atoms with Gasteiger partial charge in [-0.05, 0) is 54.6 Å². The summed E-state index contributed by atoms with van der Waals surface area (Å²) < 4.78 is 5.41. The summed E-state index contributed by atoms with van der Waals surface area (Å²) in [5.41, 5.74) is 3.98. The van der Waals surface area contributed by atoms with Gasteiger partial charge in [0.05, 0.1) is 13.2 Å². The fourth-order valence-corrected chi connectivity index (χ4v) is 4.02. The van der Waals surface area contributed by atoms with Crippen LogP contribution in [0.3, 0.4) is 0 Å². The van der Waals surface area contributed by atoms with E-state index in [9.17, 15) is 4.79 Å². The quantitative estimate of drug-likeness (QED) is 0.378. The van der Waals surface area contributed by atoms with E-state index in [0.717, 1.165) is 41.9 Å². The first-order valence-corrected chi connectivity index (χ1v) is 11.3. The van der Waals surface area contributed by atoms with Crippen molar-refractivity contribution in [2.75, 3.05) is 41.8 Å². The van der Waals surface area contributed by atoms with E-state index in [0.29, 0.717) is 11.6 Å². The van der Waals surface area contributed by atoms with Gasteiger partial charge < -0.3 is 20.3 Å². The molecule has 0 bridgehead atoms. The van der Waals surface area contributed by atoms with Crippen LogP contribution in [-0.2, 0) is 9.53 Å². The van der Waals surface area contributed by atoms with E-state index in [2.05, 4.69) is 37.6 Å². The van der Waals surface area contributed by atoms with E-state index in [4.69, 9.17) is 16.3 Å². The number of anilines is 4. The maximum atomic E-state index is 11.6. The lowest BCUT2D eigenvalue weighted by Gasteiger charge is -2.28. The topological polar surface area (TPSA) is 79.4 Å². The van der Waals surface area contributed by atoms with Gasteiger partial charge in [0.15, 0.2) is 0 Å². The van der Waals surface area contributed by atoms with Gasteiger partial charge >= 0.3 is 0 Å². The molecule has 0 aliphatic carbocycles. The van der Waals surface area contributed by atoms with Crippen LogP contribution < -0.4 is 15.5 Å². The van der Waals surface area contributed by atoms with Crippen molar-refractivity contribution in [2.24, 2.45) is 0 Å². The van der Waals surface area contributed by atoms with Gasteiger partial charge in [0.25, 0.3) is 0 Å². The molecule has 0 spiro atoms. The zero-order valence-electron chi connectivity index (χ0n) is 17.2. The number of ether oxygens (including phenoxy) is 1. The minimum atomic E-state index is -0.273. The Labute approximate surface area is 195 Å². The second-order valence-electron chi connectivity index (χ2n) is 6.90. The van der Waals surface area contributed by atoms with Crippen LogP contribution in [-0.4, -0.2) is 42.2 Å². The summed E-state index contributed by atoms with van der Waals surface area (Å²) in [6, 6.07) is 17.6. The lowest BCUT2D eigenvalue weighted by Crippen LogP contribution is -2.36. The van der Waals surface area contributed by atoms with Crippen molar-refractivity contribution in [3.63, 3.8) is 0 Å². The highest BCUT2D eigenvalue weighted by Gasteiger charge is 2.11. The first kappa shape index (κ1) is 22.1. The number of nitrogens with one attached hydrogen (secondary N) is 2. The summed E-state index contributed by atoms with van der Waals surface area (Å²) in [5, 5.41) is 6.80. The Kier molecular flexibility index (Phi) is 7.60. The zero-order chi connectivity index (χ0) is 22.2. The SMILES string of the molecule is O=C(/C=C/Cl)Nc1ccc(Sc2ccnc(Nc3ccc(N4CCOCC4)cc3)n2)cc1. The molecule has 3 aromatic rings. The van der Waals surface area contributed by atoms with E-state index in [1.54, 1.807) is 6.20 Å². The standard InChI is InChI=1S/C23H22ClN5O2S/c24-11-9-21(30)26-17-3-7-20(8-4-17)32-22-10-12-25-23(28-22)27-18-1-5-19(6-2-18)29-13-15-31-16-14-29/h1-12H,13-16H2,(H,26,30)(H,25,27,28)/b11-9+. The number of amides is 1. The average Bonchev–Trinajstić information content (AvgIpc) is 2.82. The van der Waals surface area contributed by atoms with E-state index < -0.39 is 0 Å². The summed E-state index contributed by atoms with van der Waals surface area (Å²) in [4.78, 5) is 23.8. The predicted molar refractivity (Wildman–Crippen MR) is 129 cm³/mol. The van der Waals surface area contributed by atoms with Gasteiger partial charge in [-0.15, -0.1) is 0 Å². The van der Waals surface area contributed by atoms with Gasteiger partial charge in [-0.2, -0.15) is 0 Å². The highest BCUT2D eigenvalue weighted by molar-refractivity contribution is 7.99. The Morgan fingerprint density at radius 2 is 1.75 bits per heavy atom. The first-order chi connectivity index (χ1) is 15.7. The first-order valence-electron chi connectivity index (χ1n) is 10.1. The molecular weight excluding hydrogens is 446 g/mol. The van der Waals surface area contributed by atoms with Crippen molar-refractivity contribution in [2.45, 2.75) is 9.92 Å². The molecule has 1 aromatic heterocycles. The molecule has 2 N–H and O–H groups in total. The number of benzene rings is 2. The maximum absolute atomic E-state index is 11.6. The molecule has 1 saturated heterocycles. The lowest BCUT2D eigenvalue weighted by atomic mass is 10.2. The molecule has 1 fully saturated rings. The molecule has 32 heavy (non-hydrogen) atoms. The number of aromatic nitrogens is 2. The smallest absolute Gasteiger partial charge is 0.249 e. The maximum Gasteiger partial charge on any atom is 0.249 e. The molecule has 2 aromatic carbocycles. The van der Waals surface area contributed by atoms with Crippen LogP contribution in [0.2, 0.25) is 0 Å². The monoisotopic (exact) mass is 467 g/mol. The molecule has 7 nitrogen and oxygen atoms in total. The molecule has 9 heteroatoms. The van der Waals surface area contributed by atoms with Gasteiger partial charge in [-0.3, -0.25) is 4.79 Å². The van der Waals surface area contributed by atoms with E-state index in [1.165, 1.54) is 29.1 Å². The Hall–Kier alpha value is -3.07. The molecule has 1 amide bonds. The van der Waals surface area contributed by atoms with Gasteiger partial charge in [-0.1, -0.05) is 23.4 Å². The number of hydrogen-bond acceptors (Lipinski definition) is 7. The lowest BCUT2D eigenvalue weighted by molar-refractivity contribution is -0.111. The average molecular weight is 468 g/mol. The van der Waals surface area contributed by atoms with Crippen molar-refractivity contribution in [1.82, 2.24) is 9.97 Å². The molecule has 0 saturated carbocycles. The van der Waals surface area contributed by atoms with Crippen LogP contribution in [0.15, 0.2) is 82.3 Å². The molecular formula is C23H22ClN5O2S.